The van der Waals surface area contributed by atoms with Crippen LogP contribution >= 0.6 is 0 Å². The molecule has 0 saturated carbocycles. The Balaban J connectivity index is 2.07. The van der Waals surface area contributed by atoms with Crippen LogP contribution in [0.15, 0.2) is 48.7 Å². The van der Waals surface area contributed by atoms with Crippen LogP contribution in [0.5, 0.6) is 0 Å². The third-order valence-corrected chi connectivity index (χ3v) is 3.15. The van der Waals surface area contributed by atoms with Crippen LogP contribution in [-0.2, 0) is 13.0 Å². The highest BCUT2D eigenvalue weighted by Gasteiger charge is 2.10. The Labute approximate surface area is 111 Å². The van der Waals surface area contributed by atoms with Crippen LogP contribution in [0.1, 0.15) is 11.5 Å². The van der Waals surface area contributed by atoms with E-state index in [2.05, 4.69) is 20.6 Å². The van der Waals surface area contributed by atoms with Gasteiger partial charge < -0.3 is 10.3 Å². The predicted molar refractivity (Wildman–Crippen MR) is 75.8 cm³/mol. The minimum atomic E-state index is 0.603. The molecule has 0 amide bonds. The van der Waals surface area contributed by atoms with Crippen LogP contribution in [0.25, 0.3) is 11.0 Å². The molecule has 0 saturated heterocycles. The van der Waals surface area contributed by atoms with Gasteiger partial charge in [0.15, 0.2) is 0 Å². The summed E-state index contributed by atoms with van der Waals surface area (Å²) >= 11 is 0. The molecule has 3 rings (SSSR count). The van der Waals surface area contributed by atoms with Gasteiger partial charge in [-0.25, -0.2) is 4.98 Å². The second-order valence-corrected chi connectivity index (χ2v) is 4.46. The van der Waals surface area contributed by atoms with Gasteiger partial charge in [0.2, 0.25) is 0 Å². The van der Waals surface area contributed by atoms with Gasteiger partial charge in [0.1, 0.15) is 5.82 Å². The number of nitrogens with two attached hydrogens (primary N) is 1. The maximum atomic E-state index is 5.68. The van der Waals surface area contributed by atoms with Gasteiger partial charge in [-0.1, -0.05) is 18.2 Å². The topological polar surface area (TPSA) is 56.7 Å². The molecule has 0 aliphatic rings. The summed E-state index contributed by atoms with van der Waals surface area (Å²) in [7, 11) is 0. The Bertz CT molecular complexity index is 673. The molecule has 4 heteroatoms. The molecular weight excluding hydrogens is 236 g/mol. The van der Waals surface area contributed by atoms with E-state index in [-0.39, 0.29) is 0 Å². The van der Waals surface area contributed by atoms with E-state index in [1.54, 1.807) is 0 Å². The number of benzene rings is 1. The summed E-state index contributed by atoms with van der Waals surface area (Å²) in [5.41, 5.74) is 8.86. The predicted octanol–water partition coefficient (Wildman–Crippen LogP) is 1.98. The molecule has 0 unspecified atom stereocenters. The number of hydrogen-bond acceptors (Lipinski definition) is 3. The maximum absolute atomic E-state index is 5.68. The first-order valence-electron chi connectivity index (χ1n) is 6.42. The Morgan fingerprint density at radius 2 is 1.89 bits per heavy atom. The zero-order valence-electron chi connectivity index (χ0n) is 10.7. The van der Waals surface area contributed by atoms with Crippen molar-refractivity contribution in [1.29, 1.82) is 0 Å². The second kappa shape index (κ2) is 5.20. The monoisotopic (exact) mass is 252 g/mol. The smallest absolute Gasteiger partial charge is 0.111 e. The number of hydrogen-bond donors (Lipinski definition) is 1. The Morgan fingerprint density at radius 1 is 1.05 bits per heavy atom. The van der Waals surface area contributed by atoms with Gasteiger partial charge in [0, 0.05) is 12.6 Å². The number of imidazole rings is 1. The van der Waals surface area contributed by atoms with Crippen molar-refractivity contribution in [2.75, 3.05) is 6.54 Å². The summed E-state index contributed by atoms with van der Waals surface area (Å²) in [6.07, 6.45) is 2.60. The van der Waals surface area contributed by atoms with Crippen molar-refractivity contribution in [2.24, 2.45) is 5.73 Å². The molecule has 2 N–H and O–H groups in total. The van der Waals surface area contributed by atoms with Gasteiger partial charge in [-0.2, -0.15) is 0 Å². The Morgan fingerprint density at radius 3 is 2.68 bits per heavy atom. The summed E-state index contributed by atoms with van der Waals surface area (Å²) in [4.78, 5) is 9.04. The van der Waals surface area contributed by atoms with E-state index in [4.69, 9.17) is 5.73 Å². The fourth-order valence-electron chi connectivity index (χ4n) is 2.28. The third kappa shape index (κ3) is 2.35. The molecule has 0 atom stereocenters. The minimum Gasteiger partial charge on any atom is -0.330 e. The fourth-order valence-corrected chi connectivity index (χ4v) is 2.28. The number of nitrogens with zero attached hydrogens (tertiary/aromatic N) is 3. The van der Waals surface area contributed by atoms with Gasteiger partial charge in [0.05, 0.1) is 23.3 Å². The zero-order valence-corrected chi connectivity index (χ0v) is 10.7. The van der Waals surface area contributed by atoms with Gasteiger partial charge >= 0.3 is 0 Å². The van der Waals surface area contributed by atoms with Crippen molar-refractivity contribution in [3.63, 3.8) is 0 Å². The molecule has 0 aliphatic carbocycles. The molecule has 4 nitrogen and oxygen atoms in total. The highest BCUT2D eigenvalue weighted by atomic mass is 15.1. The highest BCUT2D eigenvalue weighted by molar-refractivity contribution is 5.76. The lowest BCUT2D eigenvalue weighted by Crippen LogP contribution is -2.11. The molecule has 2 aromatic heterocycles. The number of pyridine rings is 1. The first-order chi connectivity index (χ1) is 9.38. The van der Waals surface area contributed by atoms with E-state index in [9.17, 15) is 0 Å². The molecule has 2 heterocycles. The van der Waals surface area contributed by atoms with Crippen LogP contribution in [0.2, 0.25) is 0 Å². The van der Waals surface area contributed by atoms with Crippen molar-refractivity contribution in [3.8, 4) is 0 Å². The summed E-state index contributed by atoms with van der Waals surface area (Å²) in [5.74, 6) is 1.02. The molecule has 0 radical (unpaired) electrons. The molecule has 0 bridgehead atoms. The van der Waals surface area contributed by atoms with E-state index < -0.39 is 0 Å². The second-order valence-electron chi connectivity index (χ2n) is 4.46. The first-order valence-corrected chi connectivity index (χ1v) is 6.42. The SMILES string of the molecule is NCCc1nc2ccccc2n1Cc1ccccn1. The molecule has 1 aromatic carbocycles. The highest BCUT2D eigenvalue weighted by Crippen LogP contribution is 2.17. The van der Waals surface area contributed by atoms with Crippen molar-refractivity contribution in [3.05, 3.63) is 60.2 Å². The van der Waals surface area contributed by atoms with Crippen LogP contribution in [0.4, 0.5) is 0 Å². The Hall–Kier alpha value is -2.20. The van der Waals surface area contributed by atoms with E-state index in [1.807, 2.05) is 42.6 Å². The largest absolute Gasteiger partial charge is 0.330 e. The average Bonchev–Trinajstić information content (AvgIpc) is 2.79. The minimum absolute atomic E-state index is 0.603. The number of fused-ring (bicyclic) bond motifs is 1. The molecular formula is C15H16N4. The third-order valence-electron chi connectivity index (χ3n) is 3.15. The number of aromatic nitrogens is 3. The van der Waals surface area contributed by atoms with E-state index >= 15 is 0 Å². The summed E-state index contributed by atoms with van der Waals surface area (Å²) < 4.78 is 2.20. The number of rotatable bonds is 4. The van der Waals surface area contributed by atoms with E-state index in [0.29, 0.717) is 6.54 Å². The lowest BCUT2D eigenvalue weighted by atomic mass is 10.3. The lowest BCUT2D eigenvalue weighted by Gasteiger charge is -2.08. The quantitative estimate of drug-likeness (QED) is 0.772. The van der Waals surface area contributed by atoms with Crippen LogP contribution in [-0.4, -0.2) is 21.1 Å². The zero-order chi connectivity index (χ0) is 13.1. The first kappa shape index (κ1) is 11.9. The molecule has 0 aliphatic heterocycles. The number of para-hydroxylation sites is 2. The summed E-state index contributed by atoms with van der Waals surface area (Å²) in [6.45, 7) is 1.34. The molecule has 3 aromatic rings. The summed E-state index contributed by atoms with van der Waals surface area (Å²) in [5, 5.41) is 0. The summed E-state index contributed by atoms with van der Waals surface area (Å²) in [6, 6.07) is 14.1. The Kier molecular flexibility index (Phi) is 3.25. The molecule has 0 spiro atoms. The van der Waals surface area contributed by atoms with Crippen LogP contribution in [0.3, 0.4) is 0 Å². The van der Waals surface area contributed by atoms with Crippen molar-refractivity contribution in [2.45, 2.75) is 13.0 Å². The van der Waals surface area contributed by atoms with Gasteiger partial charge in [0.25, 0.3) is 0 Å². The fraction of sp³-hybridized carbons (Fsp3) is 0.200. The normalized spacial score (nSPS) is 11.0. The average molecular weight is 252 g/mol. The van der Waals surface area contributed by atoms with Crippen LogP contribution < -0.4 is 5.73 Å². The maximum Gasteiger partial charge on any atom is 0.111 e. The van der Waals surface area contributed by atoms with Crippen molar-refractivity contribution in [1.82, 2.24) is 14.5 Å². The van der Waals surface area contributed by atoms with Gasteiger partial charge in [-0.3, -0.25) is 4.98 Å². The standard InChI is InChI=1S/C15H16N4/c16-9-8-15-18-13-6-1-2-7-14(13)19(15)11-12-5-3-4-10-17-12/h1-7,10H,8-9,11,16H2. The van der Waals surface area contributed by atoms with Crippen LogP contribution in [0, 0.1) is 0 Å². The van der Waals surface area contributed by atoms with E-state index in [0.717, 1.165) is 35.5 Å². The van der Waals surface area contributed by atoms with Gasteiger partial charge in [-0.05, 0) is 30.8 Å². The van der Waals surface area contributed by atoms with Crippen molar-refractivity contribution >= 4 is 11.0 Å². The molecule has 19 heavy (non-hydrogen) atoms. The lowest BCUT2D eigenvalue weighted by molar-refractivity contribution is 0.721. The van der Waals surface area contributed by atoms with Gasteiger partial charge in [-0.15, -0.1) is 0 Å². The van der Waals surface area contributed by atoms with Crippen molar-refractivity contribution < 1.29 is 0 Å². The molecule has 0 fully saturated rings. The van der Waals surface area contributed by atoms with E-state index in [1.165, 1.54) is 0 Å². The molecule has 96 valence electrons.